The first kappa shape index (κ1) is 31.1. The average Bonchev–Trinajstić information content (AvgIpc) is 2.98. The number of aryl methyl sites for hydroxylation is 3. The molecule has 4 aromatic rings. The van der Waals surface area contributed by atoms with Gasteiger partial charge in [0.05, 0.1) is 21.4 Å². The van der Waals surface area contributed by atoms with Gasteiger partial charge in [-0.05, 0) is 90.4 Å². The highest BCUT2D eigenvalue weighted by atomic mass is 32.2. The molecule has 1 unspecified atom stereocenters. The zero-order chi connectivity index (χ0) is 31.8. The van der Waals surface area contributed by atoms with Crippen molar-refractivity contribution in [1.82, 2.24) is 9.62 Å². The molecule has 5 rings (SSSR count). The van der Waals surface area contributed by atoms with E-state index >= 15 is 0 Å². The van der Waals surface area contributed by atoms with E-state index in [-0.39, 0.29) is 29.3 Å². The molecule has 10 heteroatoms. The summed E-state index contributed by atoms with van der Waals surface area (Å²) in [4.78, 5) is 14.2. The van der Waals surface area contributed by atoms with E-state index in [2.05, 4.69) is 11.4 Å². The van der Waals surface area contributed by atoms with Gasteiger partial charge in [-0.3, -0.25) is 4.79 Å². The van der Waals surface area contributed by atoms with Gasteiger partial charge < -0.3 is 5.32 Å². The number of nitrogens with one attached hydrogen (secondary N) is 1. The summed E-state index contributed by atoms with van der Waals surface area (Å²) in [5, 5.41) is 12.1. The third-order valence-electron chi connectivity index (χ3n) is 7.89. The Labute approximate surface area is 258 Å². The van der Waals surface area contributed by atoms with Crippen molar-refractivity contribution in [3.63, 3.8) is 0 Å². The van der Waals surface area contributed by atoms with Gasteiger partial charge in [-0.15, -0.1) is 0 Å². The summed E-state index contributed by atoms with van der Waals surface area (Å²) in [6, 6.07) is 23.8. The van der Waals surface area contributed by atoms with Gasteiger partial charge in [-0.25, -0.2) is 16.8 Å². The molecule has 8 nitrogen and oxygen atoms in total. The Hall–Kier alpha value is -4.30. The van der Waals surface area contributed by atoms with Crippen LogP contribution in [0.4, 0.5) is 0 Å². The van der Waals surface area contributed by atoms with E-state index in [9.17, 15) is 26.9 Å². The van der Waals surface area contributed by atoms with Crippen molar-refractivity contribution >= 4 is 25.8 Å². The number of sulfone groups is 1. The number of hydrogen-bond donors (Lipinski definition) is 1. The maximum Gasteiger partial charge on any atom is 0.244 e. The number of hydrogen-bond acceptors (Lipinski definition) is 6. The highest BCUT2D eigenvalue weighted by Gasteiger charge is 2.41. The Morgan fingerprint density at radius 2 is 1.57 bits per heavy atom. The maximum atomic E-state index is 14.3. The predicted octanol–water partition coefficient (Wildman–Crippen LogP) is 4.99. The van der Waals surface area contributed by atoms with E-state index in [0.29, 0.717) is 22.3 Å². The van der Waals surface area contributed by atoms with Gasteiger partial charge in [0, 0.05) is 19.3 Å². The number of carbonyl (C=O) groups is 1. The molecule has 1 N–H and O–H groups in total. The summed E-state index contributed by atoms with van der Waals surface area (Å²) in [6.45, 7) is 5.56. The van der Waals surface area contributed by atoms with Crippen LogP contribution in [0, 0.1) is 32.1 Å². The van der Waals surface area contributed by atoms with Crippen molar-refractivity contribution < 1.29 is 21.6 Å². The Kier molecular flexibility index (Phi) is 8.49. The van der Waals surface area contributed by atoms with E-state index < -0.39 is 31.8 Å². The first-order chi connectivity index (χ1) is 20.8. The van der Waals surface area contributed by atoms with Gasteiger partial charge in [0.1, 0.15) is 6.04 Å². The molecule has 0 saturated carbocycles. The molecule has 0 saturated heterocycles. The minimum Gasteiger partial charge on any atom is -0.351 e. The SMILES string of the molecule is Cc1cc(C)c(S(=O)(=O)N2Cc3ccc(-c4cccc(S(C)(=O)=O)c4)cc3CC2C(=O)NCc2cccc(C#N)c2)c(C)c1. The van der Waals surface area contributed by atoms with Crippen molar-refractivity contribution in [2.45, 2.75) is 56.1 Å². The lowest BCUT2D eigenvalue weighted by molar-refractivity contribution is -0.125. The first-order valence-corrected chi connectivity index (χ1v) is 17.4. The highest BCUT2D eigenvalue weighted by molar-refractivity contribution is 7.90. The summed E-state index contributed by atoms with van der Waals surface area (Å²) in [7, 11) is -7.50. The van der Waals surface area contributed by atoms with Crippen LogP contribution in [0.25, 0.3) is 11.1 Å². The summed E-state index contributed by atoms with van der Waals surface area (Å²) < 4.78 is 54.2. The molecule has 4 aromatic carbocycles. The zero-order valence-corrected chi connectivity index (χ0v) is 26.6. The van der Waals surface area contributed by atoms with Gasteiger partial charge in [0.2, 0.25) is 15.9 Å². The minimum absolute atomic E-state index is 0.00388. The van der Waals surface area contributed by atoms with Gasteiger partial charge in [-0.2, -0.15) is 9.57 Å². The monoisotopic (exact) mass is 627 g/mol. The molecule has 0 aliphatic carbocycles. The highest BCUT2D eigenvalue weighted by Crippen LogP contribution is 2.35. The number of fused-ring (bicyclic) bond motifs is 1. The molecule has 226 valence electrons. The molecular weight excluding hydrogens is 595 g/mol. The lowest BCUT2D eigenvalue weighted by atomic mass is 9.91. The summed E-state index contributed by atoms with van der Waals surface area (Å²) >= 11 is 0. The quantitative estimate of drug-likeness (QED) is 0.308. The first-order valence-electron chi connectivity index (χ1n) is 14.1. The number of nitrogens with zero attached hydrogens (tertiary/aromatic N) is 2. The second-order valence-corrected chi connectivity index (χ2v) is 15.2. The number of sulfonamides is 1. The third-order valence-corrected chi connectivity index (χ3v) is 11.2. The van der Waals surface area contributed by atoms with Crippen molar-refractivity contribution in [3.8, 4) is 17.2 Å². The van der Waals surface area contributed by atoms with Crippen molar-refractivity contribution in [2.75, 3.05) is 6.26 Å². The van der Waals surface area contributed by atoms with Crippen molar-refractivity contribution in [2.24, 2.45) is 0 Å². The van der Waals surface area contributed by atoms with Gasteiger partial charge in [0.25, 0.3) is 0 Å². The van der Waals surface area contributed by atoms with E-state index in [4.69, 9.17) is 0 Å². The number of rotatable bonds is 7. The van der Waals surface area contributed by atoms with Crippen LogP contribution in [0.2, 0.25) is 0 Å². The van der Waals surface area contributed by atoms with Crippen LogP contribution in [0.3, 0.4) is 0 Å². The zero-order valence-electron chi connectivity index (χ0n) is 25.0. The number of benzene rings is 4. The molecule has 1 aliphatic rings. The normalized spacial score (nSPS) is 15.3. The molecule has 1 atom stereocenters. The number of nitriles is 1. The second-order valence-electron chi connectivity index (χ2n) is 11.3. The fourth-order valence-electron chi connectivity index (χ4n) is 5.87. The Morgan fingerprint density at radius 1 is 0.886 bits per heavy atom. The minimum atomic E-state index is -4.09. The van der Waals surface area contributed by atoms with Gasteiger partial charge in [-0.1, -0.05) is 60.2 Å². The number of amides is 1. The van der Waals surface area contributed by atoms with E-state index in [1.807, 2.05) is 43.3 Å². The van der Waals surface area contributed by atoms with Crippen LogP contribution < -0.4 is 5.32 Å². The van der Waals surface area contributed by atoms with Crippen LogP contribution in [0.5, 0.6) is 0 Å². The molecular formula is C34H33N3O5S2. The topological polar surface area (TPSA) is 124 Å². The molecule has 1 aliphatic heterocycles. The fourth-order valence-corrected chi connectivity index (χ4v) is 8.52. The maximum absolute atomic E-state index is 14.3. The molecule has 0 bridgehead atoms. The molecule has 0 fully saturated rings. The molecule has 44 heavy (non-hydrogen) atoms. The smallest absolute Gasteiger partial charge is 0.244 e. The Bertz CT molecular complexity index is 2020. The van der Waals surface area contributed by atoms with Crippen LogP contribution in [0.15, 0.2) is 88.7 Å². The van der Waals surface area contributed by atoms with Crippen molar-refractivity contribution in [1.29, 1.82) is 5.26 Å². The lowest BCUT2D eigenvalue weighted by Gasteiger charge is -2.36. The van der Waals surface area contributed by atoms with Crippen LogP contribution in [0.1, 0.15) is 38.9 Å². The van der Waals surface area contributed by atoms with Crippen molar-refractivity contribution in [3.05, 3.63) is 118 Å². The second kappa shape index (κ2) is 12.0. The Balaban J connectivity index is 1.55. The molecule has 1 heterocycles. The largest absolute Gasteiger partial charge is 0.351 e. The molecule has 0 spiro atoms. The fraction of sp³-hybridized carbons (Fsp3) is 0.235. The summed E-state index contributed by atoms with van der Waals surface area (Å²) in [6.07, 6.45) is 1.29. The standard InChI is InChI=1S/C34H33N3O5S2/c1-22-13-23(2)33(24(3)14-22)44(41,42)37-21-29-12-11-28(27-9-6-10-31(17-27)43(4,39)40)16-30(29)18-32(37)34(38)36-20-26-8-5-7-25(15-26)19-35/h5-17,32H,18,20-21H2,1-4H3,(H,36,38). The van der Waals surface area contributed by atoms with E-state index in [1.165, 1.54) is 4.31 Å². The molecule has 0 radical (unpaired) electrons. The van der Waals surface area contributed by atoms with Crippen LogP contribution >= 0.6 is 0 Å². The van der Waals surface area contributed by atoms with E-state index in [1.54, 1.807) is 56.3 Å². The number of carbonyl (C=O) groups excluding carboxylic acids is 1. The van der Waals surface area contributed by atoms with Crippen LogP contribution in [-0.4, -0.2) is 39.3 Å². The molecule has 1 amide bonds. The summed E-state index contributed by atoms with van der Waals surface area (Å²) in [5.74, 6) is -0.450. The average molecular weight is 628 g/mol. The Morgan fingerprint density at radius 3 is 2.25 bits per heavy atom. The molecule has 0 aromatic heterocycles. The third kappa shape index (κ3) is 6.31. The lowest BCUT2D eigenvalue weighted by Crippen LogP contribution is -2.52. The van der Waals surface area contributed by atoms with Gasteiger partial charge >= 0.3 is 0 Å². The van der Waals surface area contributed by atoms with Crippen LogP contribution in [-0.2, 0) is 44.2 Å². The van der Waals surface area contributed by atoms with E-state index in [0.717, 1.165) is 34.1 Å². The van der Waals surface area contributed by atoms with Gasteiger partial charge in [0.15, 0.2) is 9.84 Å². The predicted molar refractivity (Wildman–Crippen MR) is 169 cm³/mol. The summed E-state index contributed by atoms with van der Waals surface area (Å²) in [5.41, 5.74) is 6.41.